The molecule has 5 heteroatoms. The highest BCUT2D eigenvalue weighted by Crippen LogP contribution is 2.23. The molecule has 4 nitrogen and oxygen atoms in total. The summed E-state index contributed by atoms with van der Waals surface area (Å²) in [5, 5.41) is 2.77. The lowest BCUT2D eigenvalue weighted by Crippen LogP contribution is -2.33. The molecule has 1 N–H and O–H groups in total. The molecule has 0 saturated carbocycles. The Balaban J connectivity index is 2.97. The van der Waals surface area contributed by atoms with Gasteiger partial charge >= 0.3 is 0 Å². The van der Waals surface area contributed by atoms with Gasteiger partial charge in [-0.3, -0.25) is 4.79 Å². The number of benzene rings is 1. The van der Waals surface area contributed by atoms with Gasteiger partial charge in [-0.25, -0.2) is 0 Å². The second-order valence-electron chi connectivity index (χ2n) is 3.60. The fourth-order valence-electron chi connectivity index (χ4n) is 1.33. The van der Waals surface area contributed by atoms with Crippen molar-refractivity contribution < 1.29 is 14.3 Å². The van der Waals surface area contributed by atoms with E-state index in [0.29, 0.717) is 22.9 Å². The van der Waals surface area contributed by atoms with Crippen molar-refractivity contribution in [2.45, 2.75) is 13.0 Å². The second kappa shape index (κ2) is 6.35. The number of ether oxygens (including phenoxy) is 2. The van der Waals surface area contributed by atoms with E-state index in [1.165, 1.54) is 7.11 Å². The lowest BCUT2D eigenvalue weighted by atomic mass is 10.1. The van der Waals surface area contributed by atoms with Gasteiger partial charge in [-0.1, -0.05) is 0 Å². The SMILES string of the molecule is COc1ccc(OC)c(C(=O)NC(C)CCl)c1. The summed E-state index contributed by atoms with van der Waals surface area (Å²) < 4.78 is 10.2. The van der Waals surface area contributed by atoms with Crippen LogP contribution in [0.5, 0.6) is 11.5 Å². The molecule has 1 amide bonds. The van der Waals surface area contributed by atoms with Gasteiger partial charge in [0, 0.05) is 11.9 Å². The van der Waals surface area contributed by atoms with Crippen molar-refractivity contribution in [3.8, 4) is 11.5 Å². The Morgan fingerprint density at radius 2 is 2.12 bits per heavy atom. The highest BCUT2D eigenvalue weighted by molar-refractivity contribution is 6.18. The Bertz CT molecular complexity index is 395. The molecule has 0 aliphatic carbocycles. The quantitative estimate of drug-likeness (QED) is 0.822. The predicted molar refractivity (Wildman–Crippen MR) is 67.2 cm³/mol. The van der Waals surface area contributed by atoms with Crippen molar-refractivity contribution in [3.05, 3.63) is 23.8 Å². The van der Waals surface area contributed by atoms with E-state index in [0.717, 1.165) is 0 Å². The zero-order valence-corrected chi connectivity index (χ0v) is 10.9. The van der Waals surface area contributed by atoms with Crippen LogP contribution in [0.15, 0.2) is 18.2 Å². The second-order valence-corrected chi connectivity index (χ2v) is 3.90. The maximum absolute atomic E-state index is 12.0. The number of carbonyl (C=O) groups is 1. The molecule has 0 radical (unpaired) electrons. The maximum Gasteiger partial charge on any atom is 0.255 e. The topological polar surface area (TPSA) is 47.6 Å². The third-order valence-corrected chi connectivity index (χ3v) is 2.72. The fraction of sp³-hybridized carbons (Fsp3) is 0.417. The minimum Gasteiger partial charge on any atom is -0.497 e. The first-order chi connectivity index (χ1) is 8.12. The van der Waals surface area contributed by atoms with Gasteiger partial charge in [0.15, 0.2) is 0 Å². The molecule has 0 saturated heterocycles. The molecular formula is C12H16ClNO3. The van der Waals surface area contributed by atoms with Gasteiger partial charge in [-0.05, 0) is 25.1 Å². The van der Waals surface area contributed by atoms with E-state index in [1.807, 2.05) is 6.92 Å². The first-order valence-corrected chi connectivity index (χ1v) is 5.74. The number of methoxy groups -OCH3 is 2. The number of hydrogen-bond acceptors (Lipinski definition) is 3. The fourth-order valence-corrected chi connectivity index (χ4v) is 1.41. The molecule has 94 valence electrons. The van der Waals surface area contributed by atoms with Crippen LogP contribution in [0.2, 0.25) is 0 Å². The molecule has 1 unspecified atom stereocenters. The summed E-state index contributed by atoms with van der Waals surface area (Å²) in [5.74, 6) is 1.24. The van der Waals surface area contributed by atoms with Crippen molar-refractivity contribution in [3.63, 3.8) is 0 Å². The Hall–Kier alpha value is -1.42. The van der Waals surface area contributed by atoms with Crippen molar-refractivity contribution >= 4 is 17.5 Å². The molecule has 0 aliphatic rings. The van der Waals surface area contributed by atoms with Crippen LogP contribution in [-0.2, 0) is 0 Å². The van der Waals surface area contributed by atoms with Crippen LogP contribution in [0.25, 0.3) is 0 Å². The van der Waals surface area contributed by atoms with E-state index < -0.39 is 0 Å². The smallest absolute Gasteiger partial charge is 0.255 e. The Labute approximate surface area is 106 Å². The van der Waals surface area contributed by atoms with E-state index in [9.17, 15) is 4.79 Å². The molecule has 0 fully saturated rings. The largest absolute Gasteiger partial charge is 0.497 e. The summed E-state index contributed by atoms with van der Waals surface area (Å²) in [4.78, 5) is 12.0. The van der Waals surface area contributed by atoms with Gasteiger partial charge in [-0.15, -0.1) is 11.6 Å². The van der Waals surface area contributed by atoms with E-state index in [1.54, 1.807) is 25.3 Å². The third-order valence-electron chi connectivity index (χ3n) is 2.26. The number of alkyl halides is 1. The van der Waals surface area contributed by atoms with Gasteiger partial charge in [0.2, 0.25) is 0 Å². The lowest BCUT2D eigenvalue weighted by Gasteiger charge is -2.13. The molecule has 0 heterocycles. The number of rotatable bonds is 5. The van der Waals surface area contributed by atoms with Crippen LogP contribution in [0.1, 0.15) is 17.3 Å². The molecule has 0 bridgehead atoms. The Morgan fingerprint density at radius 1 is 1.41 bits per heavy atom. The number of carbonyl (C=O) groups excluding carboxylic acids is 1. The summed E-state index contributed by atoms with van der Waals surface area (Å²) in [6, 6.07) is 4.97. The van der Waals surface area contributed by atoms with Crippen molar-refractivity contribution in [1.82, 2.24) is 5.32 Å². The lowest BCUT2D eigenvalue weighted by molar-refractivity contribution is 0.0940. The van der Waals surface area contributed by atoms with Crippen LogP contribution >= 0.6 is 11.6 Å². The monoisotopic (exact) mass is 257 g/mol. The molecule has 0 aromatic heterocycles. The van der Waals surface area contributed by atoms with E-state index in [4.69, 9.17) is 21.1 Å². The number of amides is 1. The van der Waals surface area contributed by atoms with Gasteiger partial charge < -0.3 is 14.8 Å². The number of halogens is 1. The van der Waals surface area contributed by atoms with E-state index in [-0.39, 0.29) is 11.9 Å². The highest BCUT2D eigenvalue weighted by atomic mass is 35.5. The first kappa shape index (κ1) is 13.6. The van der Waals surface area contributed by atoms with Crippen LogP contribution in [0.3, 0.4) is 0 Å². The predicted octanol–water partition coefficient (Wildman–Crippen LogP) is 2.06. The van der Waals surface area contributed by atoms with Gasteiger partial charge in [0.25, 0.3) is 5.91 Å². The molecule has 1 rings (SSSR count). The summed E-state index contributed by atoms with van der Waals surface area (Å²) in [6.45, 7) is 1.83. The maximum atomic E-state index is 12.0. The third kappa shape index (κ3) is 3.53. The summed E-state index contributed by atoms with van der Waals surface area (Å²) >= 11 is 5.65. The molecule has 1 aromatic carbocycles. The summed E-state index contributed by atoms with van der Waals surface area (Å²) in [7, 11) is 3.06. The van der Waals surface area contributed by atoms with Crippen molar-refractivity contribution in [1.29, 1.82) is 0 Å². The van der Waals surface area contributed by atoms with E-state index >= 15 is 0 Å². The normalized spacial score (nSPS) is 11.8. The molecule has 1 aromatic rings. The average Bonchev–Trinajstić information content (AvgIpc) is 2.37. The van der Waals surface area contributed by atoms with Crippen LogP contribution in [0, 0.1) is 0 Å². The molecule has 1 atom stereocenters. The Morgan fingerprint density at radius 3 is 2.65 bits per heavy atom. The van der Waals surface area contributed by atoms with Crippen molar-refractivity contribution in [2.75, 3.05) is 20.1 Å². The molecule has 0 spiro atoms. The minimum atomic E-state index is -0.228. The first-order valence-electron chi connectivity index (χ1n) is 5.21. The molecule has 0 aliphatic heterocycles. The minimum absolute atomic E-state index is 0.0972. The van der Waals surface area contributed by atoms with Gasteiger partial charge in [0.05, 0.1) is 19.8 Å². The average molecular weight is 258 g/mol. The summed E-state index contributed by atoms with van der Waals surface area (Å²) in [5.41, 5.74) is 0.434. The van der Waals surface area contributed by atoms with Crippen LogP contribution in [0.4, 0.5) is 0 Å². The van der Waals surface area contributed by atoms with Gasteiger partial charge in [0.1, 0.15) is 11.5 Å². The summed E-state index contributed by atoms with van der Waals surface area (Å²) in [6.07, 6.45) is 0. The molecular weight excluding hydrogens is 242 g/mol. The van der Waals surface area contributed by atoms with Crippen molar-refractivity contribution in [2.24, 2.45) is 0 Å². The number of hydrogen-bond donors (Lipinski definition) is 1. The number of nitrogens with one attached hydrogen (secondary N) is 1. The van der Waals surface area contributed by atoms with E-state index in [2.05, 4.69) is 5.32 Å². The zero-order valence-electron chi connectivity index (χ0n) is 10.1. The van der Waals surface area contributed by atoms with Gasteiger partial charge in [-0.2, -0.15) is 0 Å². The van der Waals surface area contributed by atoms with Crippen LogP contribution in [-0.4, -0.2) is 32.0 Å². The highest BCUT2D eigenvalue weighted by Gasteiger charge is 2.15. The standard InChI is InChI=1S/C12H16ClNO3/c1-8(7-13)14-12(15)10-6-9(16-2)4-5-11(10)17-3/h4-6,8H,7H2,1-3H3,(H,14,15). The molecule has 17 heavy (non-hydrogen) atoms. The van der Waals surface area contributed by atoms with Crippen LogP contribution < -0.4 is 14.8 Å². The zero-order chi connectivity index (χ0) is 12.8. The Kier molecular flexibility index (Phi) is 5.10.